The molecule has 0 N–H and O–H groups in total. The molecule has 1 saturated heterocycles. The van der Waals surface area contributed by atoms with Crippen molar-refractivity contribution in [2.24, 2.45) is 5.92 Å². The largest absolute Gasteiger partial charge is 0.465 e. The highest BCUT2D eigenvalue weighted by Crippen LogP contribution is 2.54. The zero-order chi connectivity index (χ0) is 10.2. The average molecular weight is 214 g/mol. The van der Waals surface area contributed by atoms with Crippen LogP contribution in [0, 0.1) is 5.92 Å². The second-order valence-corrected chi connectivity index (χ2v) is 5.44. The molecule has 0 radical (unpaired) electrons. The SMILES string of the molecule is CCOC(=O)C1CC2(CCC2)SC1=O. The van der Waals surface area contributed by atoms with Gasteiger partial charge in [0.05, 0.1) is 6.61 Å². The van der Waals surface area contributed by atoms with Crippen LogP contribution in [0.25, 0.3) is 0 Å². The predicted molar refractivity (Wildman–Crippen MR) is 53.9 cm³/mol. The second-order valence-electron chi connectivity index (χ2n) is 3.97. The van der Waals surface area contributed by atoms with Crippen molar-refractivity contribution < 1.29 is 14.3 Å². The van der Waals surface area contributed by atoms with Crippen LogP contribution in [0.3, 0.4) is 0 Å². The first-order valence-corrected chi connectivity index (χ1v) is 5.88. The number of ether oxygens (including phenoxy) is 1. The molecule has 2 rings (SSSR count). The molecule has 0 aromatic rings. The Morgan fingerprint density at radius 3 is 2.79 bits per heavy atom. The molecule has 1 saturated carbocycles. The van der Waals surface area contributed by atoms with Gasteiger partial charge < -0.3 is 4.74 Å². The summed E-state index contributed by atoms with van der Waals surface area (Å²) in [6.45, 7) is 2.13. The summed E-state index contributed by atoms with van der Waals surface area (Å²) in [4.78, 5) is 23.0. The highest BCUT2D eigenvalue weighted by Gasteiger charge is 2.52. The van der Waals surface area contributed by atoms with Gasteiger partial charge in [-0.3, -0.25) is 9.59 Å². The van der Waals surface area contributed by atoms with E-state index in [-0.39, 0.29) is 15.8 Å². The van der Waals surface area contributed by atoms with Crippen LogP contribution < -0.4 is 0 Å². The summed E-state index contributed by atoms with van der Waals surface area (Å²) in [6, 6.07) is 0. The fraction of sp³-hybridized carbons (Fsp3) is 0.800. The molecule has 2 fully saturated rings. The van der Waals surface area contributed by atoms with Crippen LogP contribution in [0.1, 0.15) is 32.6 Å². The van der Waals surface area contributed by atoms with Gasteiger partial charge in [-0.05, 0) is 26.2 Å². The summed E-state index contributed by atoms with van der Waals surface area (Å²) in [6.07, 6.45) is 4.06. The maximum absolute atomic E-state index is 11.6. The Labute approximate surface area is 87.6 Å². The van der Waals surface area contributed by atoms with E-state index < -0.39 is 5.92 Å². The molecule has 1 unspecified atom stereocenters. The fourth-order valence-electron chi connectivity index (χ4n) is 2.08. The van der Waals surface area contributed by atoms with E-state index in [0.29, 0.717) is 13.0 Å². The lowest BCUT2D eigenvalue weighted by Gasteiger charge is -2.36. The number of carbonyl (C=O) groups excluding carboxylic acids is 2. The van der Waals surface area contributed by atoms with E-state index in [2.05, 4.69) is 0 Å². The van der Waals surface area contributed by atoms with E-state index in [1.807, 2.05) is 0 Å². The Bertz CT molecular complexity index is 263. The molecule has 0 amide bonds. The Kier molecular flexibility index (Phi) is 2.56. The molecule has 1 heterocycles. The molecule has 14 heavy (non-hydrogen) atoms. The van der Waals surface area contributed by atoms with Crippen molar-refractivity contribution in [3.63, 3.8) is 0 Å². The van der Waals surface area contributed by atoms with Crippen LogP contribution in [0.2, 0.25) is 0 Å². The van der Waals surface area contributed by atoms with Gasteiger partial charge in [-0.2, -0.15) is 0 Å². The minimum atomic E-state index is -0.486. The van der Waals surface area contributed by atoms with Crippen LogP contribution >= 0.6 is 11.8 Å². The number of esters is 1. The van der Waals surface area contributed by atoms with E-state index in [0.717, 1.165) is 12.8 Å². The van der Waals surface area contributed by atoms with Gasteiger partial charge in [0, 0.05) is 4.75 Å². The summed E-state index contributed by atoms with van der Waals surface area (Å²) in [7, 11) is 0. The van der Waals surface area contributed by atoms with Crippen LogP contribution in [-0.4, -0.2) is 22.4 Å². The Morgan fingerprint density at radius 2 is 2.36 bits per heavy atom. The van der Waals surface area contributed by atoms with E-state index in [1.165, 1.54) is 18.2 Å². The summed E-state index contributed by atoms with van der Waals surface area (Å²) >= 11 is 1.38. The van der Waals surface area contributed by atoms with E-state index in [4.69, 9.17) is 4.74 Å². The lowest BCUT2D eigenvalue weighted by molar-refractivity contribution is -0.150. The highest BCUT2D eigenvalue weighted by atomic mass is 32.2. The summed E-state index contributed by atoms with van der Waals surface area (Å²) in [5.41, 5.74) is 0. The van der Waals surface area contributed by atoms with E-state index in [1.54, 1.807) is 6.92 Å². The van der Waals surface area contributed by atoms with E-state index >= 15 is 0 Å². The molecule has 1 atom stereocenters. The third kappa shape index (κ3) is 1.56. The molecule has 0 aromatic heterocycles. The van der Waals surface area contributed by atoms with Gasteiger partial charge in [-0.1, -0.05) is 18.2 Å². The molecule has 1 aliphatic carbocycles. The molecular formula is C10H14O3S. The Morgan fingerprint density at radius 1 is 1.64 bits per heavy atom. The first-order chi connectivity index (χ1) is 6.67. The second kappa shape index (κ2) is 3.57. The van der Waals surface area contributed by atoms with Crippen molar-refractivity contribution in [1.29, 1.82) is 0 Å². The number of rotatable bonds is 2. The summed E-state index contributed by atoms with van der Waals surface area (Å²) in [5.74, 6) is -0.811. The highest BCUT2D eigenvalue weighted by molar-refractivity contribution is 8.15. The third-order valence-electron chi connectivity index (χ3n) is 3.01. The molecule has 0 bridgehead atoms. The van der Waals surface area contributed by atoms with Crippen molar-refractivity contribution in [1.82, 2.24) is 0 Å². The van der Waals surface area contributed by atoms with Crippen molar-refractivity contribution in [3.8, 4) is 0 Å². The molecule has 78 valence electrons. The average Bonchev–Trinajstić information content (AvgIpc) is 2.43. The first kappa shape index (κ1) is 10.0. The summed E-state index contributed by atoms with van der Waals surface area (Å²) < 4.78 is 4.99. The van der Waals surface area contributed by atoms with Crippen molar-refractivity contribution in [3.05, 3.63) is 0 Å². The minimum absolute atomic E-state index is 0.0168. The van der Waals surface area contributed by atoms with Crippen molar-refractivity contribution in [2.45, 2.75) is 37.4 Å². The maximum atomic E-state index is 11.6. The molecular weight excluding hydrogens is 200 g/mol. The molecule has 0 aromatic carbocycles. The molecule has 4 heteroatoms. The topological polar surface area (TPSA) is 43.4 Å². The van der Waals surface area contributed by atoms with Crippen LogP contribution in [0.5, 0.6) is 0 Å². The van der Waals surface area contributed by atoms with Gasteiger partial charge in [-0.25, -0.2) is 0 Å². The predicted octanol–water partition coefficient (Wildman–Crippen LogP) is 1.75. The monoisotopic (exact) mass is 214 g/mol. The number of hydrogen-bond acceptors (Lipinski definition) is 4. The molecule has 2 aliphatic rings. The lowest BCUT2D eigenvalue weighted by Crippen LogP contribution is -2.32. The minimum Gasteiger partial charge on any atom is -0.465 e. The third-order valence-corrected chi connectivity index (χ3v) is 4.51. The Hall–Kier alpha value is -0.510. The van der Waals surface area contributed by atoms with Gasteiger partial charge in [-0.15, -0.1) is 0 Å². The van der Waals surface area contributed by atoms with Crippen molar-refractivity contribution >= 4 is 22.8 Å². The smallest absolute Gasteiger partial charge is 0.317 e. The fourth-order valence-corrected chi connectivity index (χ4v) is 3.57. The van der Waals surface area contributed by atoms with Gasteiger partial charge in [0.1, 0.15) is 5.92 Å². The quantitative estimate of drug-likeness (QED) is 0.519. The van der Waals surface area contributed by atoms with Crippen LogP contribution in [0.15, 0.2) is 0 Å². The lowest BCUT2D eigenvalue weighted by atomic mass is 9.78. The van der Waals surface area contributed by atoms with Crippen LogP contribution in [0.4, 0.5) is 0 Å². The summed E-state index contributed by atoms with van der Waals surface area (Å²) in [5, 5.41) is 0.0168. The first-order valence-electron chi connectivity index (χ1n) is 5.06. The zero-order valence-corrected chi connectivity index (χ0v) is 9.06. The van der Waals surface area contributed by atoms with Crippen LogP contribution in [-0.2, 0) is 14.3 Å². The standard InChI is InChI=1S/C10H14O3S/c1-2-13-8(11)7-6-10(4-3-5-10)14-9(7)12/h7H,2-6H2,1H3. The van der Waals surface area contributed by atoms with Gasteiger partial charge in [0.2, 0.25) is 5.12 Å². The molecule has 1 spiro atoms. The van der Waals surface area contributed by atoms with Gasteiger partial charge >= 0.3 is 5.97 Å². The number of thioether (sulfide) groups is 1. The Balaban J connectivity index is 2.00. The van der Waals surface area contributed by atoms with Gasteiger partial charge in [0.15, 0.2) is 0 Å². The van der Waals surface area contributed by atoms with Crippen molar-refractivity contribution in [2.75, 3.05) is 6.61 Å². The molecule has 3 nitrogen and oxygen atoms in total. The maximum Gasteiger partial charge on any atom is 0.317 e. The van der Waals surface area contributed by atoms with E-state index in [9.17, 15) is 9.59 Å². The zero-order valence-electron chi connectivity index (χ0n) is 8.25. The molecule has 1 aliphatic heterocycles. The number of carbonyl (C=O) groups is 2. The number of hydrogen-bond donors (Lipinski definition) is 0. The van der Waals surface area contributed by atoms with Gasteiger partial charge in [0.25, 0.3) is 0 Å². The normalized spacial score (nSPS) is 28.9.